The largest absolute Gasteiger partial charge is 0.348 e. The predicted molar refractivity (Wildman–Crippen MR) is 134 cm³/mol. The maximum Gasteiger partial charge on any atom is 0.254 e. The van der Waals surface area contributed by atoms with E-state index in [0.29, 0.717) is 6.54 Å². The van der Waals surface area contributed by atoms with Gasteiger partial charge in [-0.05, 0) is 51.9 Å². The van der Waals surface area contributed by atoms with Crippen molar-refractivity contribution in [1.29, 1.82) is 0 Å². The molecule has 3 nitrogen and oxygen atoms in total. The Balaban J connectivity index is 1.48. The Hall–Kier alpha value is -3.59. The van der Waals surface area contributed by atoms with Gasteiger partial charge in [-0.1, -0.05) is 87.5 Å². The van der Waals surface area contributed by atoms with Crippen LogP contribution in [0.3, 0.4) is 0 Å². The van der Waals surface area contributed by atoms with Gasteiger partial charge < -0.3 is 9.47 Å². The molecule has 4 aromatic rings. The number of carbonyl (C=O) groups is 1. The van der Waals surface area contributed by atoms with E-state index < -0.39 is 0 Å². The van der Waals surface area contributed by atoms with Crippen LogP contribution in [0.2, 0.25) is 0 Å². The molecular weight excluding hydrogens is 404 g/mol. The number of fused-ring (bicyclic) bond motifs is 1. The Bertz CT molecular complexity index is 1250. The summed E-state index contributed by atoms with van der Waals surface area (Å²) in [7, 11) is 0. The van der Waals surface area contributed by atoms with Crippen molar-refractivity contribution in [2.24, 2.45) is 0 Å². The molecule has 3 heteroatoms. The summed E-state index contributed by atoms with van der Waals surface area (Å²) in [6.07, 6.45) is 2.11. The summed E-state index contributed by atoms with van der Waals surface area (Å²) in [5.74, 6) is 0.0759. The highest BCUT2D eigenvalue weighted by atomic mass is 16.2. The molecule has 0 N–H and O–H groups in total. The molecule has 33 heavy (non-hydrogen) atoms. The van der Waals surface area contributed by atoms with Gasteiger partial charge in [-0.3, -0.25) is 4.79 Å². The van der Waals surface area contributed by atoms with E-state index in [2.05, 4.69) is 80.1 Å². The molecule has 0 radical (unpaired) electrons. The van der Waals surface area contributed by atoms with Crippen molar-refractivity contribution in [3.05, 3.63) is 120 Å². The van der Waals surface area contributed by atoms with Gasteiger partial charge in [0.15, 0.2) is 0 Å². The Morgan fingerprint density at radius 3 is 2.09 bits per heavy atom. The second kappa shape index (κ2) is 8.40. The lowest BCUT2D eigenvalue weighted by atomic mass is 9.86. The number of benzene rings is 3. The SMILES string of the molecule is CC(C)(C)c1ccc(C2c3cccn3CCN2C(=O)c2ccc(-c3ccccc3)cc2)cc1. The van der Waals surface area contributed by atoms with Crippen LogP contribution in [-0.4, -0.2) is 21.9 Å². The quantitative estimate of drug-likeness (QED) is 0.352. The van der Waals surface area contributed by atoms with Gasteiger partial charge in [0.25, 0.3) is 5.91 Å². The molecule has 0 bridgehead atoms. The minimum Gasteiger partial charge on any atom is -0.348 e. The Morgan fingerprint density at radius 1 is 0.758 bits per heavy atom. The van der Waals surface area contributed by atoms with Crippen LogP contribution in [0, 0.1) is 0 Å². The van der Waals surface area contributed by atoms with Gasteiger partial charge in [0.1, 0.15) is 0 Å². The van der Waals surface area contributed by atoms with Crippen LogP contribution in [0.25, 0.3) is 11.1 Å². The monoisotopic (exact) mass is 434 g/mol. The van der Waals surface area contributed by atoms with Crippen molar-refractivity contribution in [3.8, 4) is 11.1 Å². The molecule has 0 spiro atoms. The lowest BCUT2D eigenvalue weighted by Crippen LogP contribution is -2.42. The molecule has 2 heterocycles. The molecule has 1 aliphatic rings. The van der Waals surface area contributed by atoms with Gasteiger partial charge in [0, 0.05) is 30.5 Å². The minimum absolute atomic E-state index is 0.0759. The summed E-state index contributed by atoms with van der Waals surface area (Å²) < 4.78 is 2.27. The van der Waals surface area contributed by atoms with Gasteiger partial charge in [-0.2, -0.15) is 0 Å². The molecule has 166 valence electrons. The van der Waals surface area contributed by atoms with E-state index in [9.17, 15) is 4.79 Å². The number of nitrogens with zero attached hydrogens (tertiary/aromatic N) is 2. The third-order valence-electron chi connectivity index (χ3n) is 6.63. The van der Waals surface area contributed by atoms with E-state index in [1.165, 1.54) is 11.3 Å². The Kier molecular flexibility index (Phi) is 5.41. The van der Waals surface area contributed by atoms with Gasteiger partial charge in [-0.15, -0.1) is 0 Å². The molecule has 0 aliphatic carbocycles. The number of rotatable bonds is 3. The highest BCUT2D eigenvalue weighted by Crippen LogP contribution is 2.35. The summed E-state index contributed by atoms with van der Waals surface area (Å²) in [5.41, 5.74) is 6.72. The molecule has 1 atom stereocenters. The van der Waals surface area contributed by atoms with Crippen LogP contribution < -0.4 is 0 Å². The Labute approximate surface area is 196 Å². The van der Waals surface area contributed by atoms with Gasteiger partial charge in [0.05, 0.1) is 6.04 Å². The molecule has 0 saturated carbocycles. The summed E-state index contributed by atoms with van der Waals surface area (Å²) in [6.45, 7) is 8.17. The average Bonchev–Trinajstić information content (AvgIpc) is 3.32. The molecule has 5 rings (SSSR count). The predicted octanol–water partition coefficient (Wildman–Crippen LogP) is 6.70. The number of hydrogen-bond acceptors (Lipinski definition) is 1. The Morgan fingerprint density at radius 2 is 1.42 bits per heavy atom. The number of aromatic nitrogens is 1. The zero-order valence-electron chi connectivity index (χ0n) is 19.5. The molecular formula is C30H30N2O. The average molecular weight is 435 g/mol. The fourth-order valence-corrected chi connectivity index (χ4v) is 4.72. The smallest absolute Gasteiger partial charge is 0.254 e. The summed E-state index contributed by atoms with van der Waals surface area (Å²) in [5, 5.41) is 0. The van der Waals surface area contributed by atoms with E-state index >= 15 is 0 Å². The van der Waals surface area contributed by atoms with Crippen molar-refractivity contribution < 1.29 is 4.79 Å². The highest BCUT2D eigenvalue weighted by Gasteiger charge is 2.32. The van der Waals surface area contributed by atoms with Crippen LogP contribution in [0.15, 0.2) is 97.2 Å². The molecule has 1 aliphatic heterocycles. The van der Waals surface area contributed by atoms with Crippen LogP contribution in [-0.2, 0) is 12.0 Å². The fraction of sp³-hybridized carbons (Fsp3) is 0.233. The third-order valence-corrected chi connectivity index (χ3v) is 6.63. The fourth-order valence-electron chi connectivity index (χ4n) is 4.72. The zero-order valence-corrected chi connectivity index (χ0v) is 19.5. The molecule has 1 amide bonds. The normalized spacial score (nSPS) is 15.8. The molecule has 3 aromatic carbocycles. The zero-order chi connectivity index (χ0) is 23.0. The number of hydrogen-bond donors (Lipinski definition) is 0. The van der Waals surface area contributed by atoms with Gasteiger partial charge in [0.2, 0.25) is 0 Å². The molecule has 1 aromatic heterocycles. The van der Waals surface area contributed by atoms with Crippen LogP contribution >= 0.6 is 0 Å². The maximum absolute atomic E-state index is 13.7. The second-order valence-corrected chi connectivity index (χ2v) is 9.84. The summed E-state index contributed by atoms with van der Waals surface area (Å²) in [4.78, 5) is 15.7. The molecule has 0 fully saturated rings. The highest BCUT2D eigenvalue weighted by molar-refractivity contribution is 5.95. The number of amides is 1. The first-order valence-electron chi connectivity index (χ1n) is 11.6. The maximum atomic E-state index is 13.7. The van der Waals surface area contributed by atoms with E-state index in [-0.39, 0.29) is 17.4 Å². The topological polar surface area (TPSA) is 25.2 Å². The van der Waals surface area contributed by atoms with Crippen molar-refractivity contribution in [2.45, 2.75) is 38.8 Å². The van der Waals surface area contributed by atoms with Crippen LogP contribution in [0.1, 0.15) is 54.0 Å². The number of carbonyl (C=O) groups excluding carboxylic acids is 1. The second-order valence-electron chi connectivity index (χ2n) is 9.84. The lowest BCUT2D eigenvalue weighted by Gasteiger charge is -2.37. The van der Waals surface area contributed by atoms with Gasteiger partial charge in [-0.25, -0.2) is 0 Å². The molecule has 1 unspecified atom stereocenters. The standard InChI is InChI=1S/C30H30N2O/c1-30(2,3)26-17-15-24(16-18-26)28-27-10-7-19-31(27)20-21-32(28)29(33)25-13-11-23(12-14-25)22-8-5-4-6-9-22/h4-19,28H,20-21H2,1-3H3. The van der Waals surface area contributed by atoms with E-state index in [4.69, 9.17) is 0 Å². The van der Waals surface area contributed by atoms with Crippen molar-refractivity contribution in [3.63, 3.8) is 0 Å². The van der Waals surface area contributed by atoms with Crippen molar-refractivity contribution >= 4 is 5.91 Å². The van der Waals surface area contributed by atoms with E-state index in [0.717, 1.165) is 28.8 Å². The van der Waals surface area contributed by atoms with Crippen molar-refractivity contribution in [1.82, 2.24) is 9.47 Å². The van der Waals surface area contributed by atoms with Crippen LogP contribution in [0.4, 0.5) is 0 Å². The minimum atomic E-state index is -0.0935. The van der Waals surface area contributed by atoms with Gasteiger partial charge >= 0.3 is 0 Å². The first-order chi connectivity index (χ1) is 15.9. The van der Waals surface area contributed by atoms with Crippen molar-refractivity contribution in [2.75, 3.05) is 6.54 Å². The van der Waals surface area contributed by atoms with Crippen LogP contribution in [0.5, 0.6) is 0 Å². The summed E-state index contributed by atoms with van der Waals surface area (Å²) in [6, 6.07) is 31.2. The summed E-state index contributed by atoms with van der Waals surface area (Å²) >= 11 is 0. The first kappa shape index (κ1) is 21.3. The van der Waals surface area contributed by atoms with E-state index in [1.807, 2.05) is 47.4 Å². The third kappa shape index (κ3) is 4.11. The molecule has 0 saturated heterocycles. The first-order valence-corrected chi connectivity index (χ1v) is 11.6. The van der Waals surface area contributed by atoms with E-state index in [1.54, 1.807) is 0 Å². The lowest BCUT2D eigenvalue weighted by molar-refractivity contribution is 0.0664.